The van der Waals surface area contributed by atoms with Gasteiger partial charge in [-0.05, 0) is 36.8 Å². The maximum Gasteiger partial charge on any atom is 0.357 e. The van der Waals surface area contributed by atoms with Crippen molar-refractivity contribution >= 4 is 11.9 Å². The van der Waals surface area contributed by atoms with Crippen molar-refractivity contribution in [1.82, 2.24) is 4.98 Å². The number of carboxylic acids is 1. The first-order valence-corrected chi connectivity index (χ1v) is 9.54. The molecule has 2 saturated heterocycles. The third kappa shape index (κ3) is 3.54. The average Bonchev–Trinajstić information content (AvgIpc) is 3.43. The zero-order valence-corrected chi connectivity index (χ0v) is 15.7. The second kappa shape index (κ2) is 7.75. The highest BCUT2D eigenvalue weighted by molar-refractivity contribution is 5.84. The standard InChI is InChI=1S/C21H23NO6/c1-26-18(23)9-6-12-4-2-3-5-13(12)10-14-16-7-8-17(28-16)19(14)20-22-15(11-27-20)21(24)25/h2-5,11,14,16-17,19H,6-10H2,1H3,(H,24,25)/t14-,16-,17+,19-/m0/s1. The Balaban J connectivity index is 1.56. The molecule has 0 unspecified atom stereocenters. The van der Waals surface area contributed by atoms with Gasteiger partial charge < -0.3 is 19.0 Å². The molecule has 1 N–H and O–H groups in total. The lowest BCUT2D eigenvalue weighted by molar-refractivity contribution is -0.140. The van der Waals surface area contributed by atoms with Crippen LogP contribution in [0.2, 0.25) is 0 Å². The van der Waals surface area contributed by atoms with Crippen LogP contribution >= 0.6 is 0 Å². The van der Waals surface area contributed by atoms with Crippen molar-refractivity contribution in [3.63, 3.8) is 0 Å². The van der Waals surface area contributed by atoms with Crippen LogP contribution in [-0.4, -0.2) is 41.3 Å². The summed E-state index contributed by atoms with van der Waals surface area (Å²) < 4.78 is 16.4. The fourth-order valence-electron chi connectivity index (χ4n) is 4.51. The zero-order valence-electron chi connectivity index (χ0n) is 15.7. The van der Waals surface area contributed by atoms with E-state index in [4.69, 9.17) is 19.0 Å². The number of rotatable bonds is 7. The van der Waals surface area contributed by atoms with E-state index in [1.807, 2.05) is 18.2 Å². The first kappa shape index (κ1) is 18.7. The molecule has 0 spiro atoms. The van der Waals surface area contributed by atoms with Crippen molar-refractivity contribution in [2.45, 2.75) is 50.2 Å². The molecular weight excluding hydrogens is 362 g/mol. The Morgan fingerprint density at radius 1 is 1.21 bits per heavy atom. The maximum absolute atomic E-state index is 11.5. The number of aromatic carboxylic acids is 1. The Kier molecular flexibility index (Phi) is 5.17. The summed E-state index contributed by atoms with van der Waals surface area (Å²) in [6.45, 7) is 0. The van der Waals surface area contributed by atoms with Gasteiger partial charge in [0, 0.05) is 12.3 Å². The number of carbonyl (C=O) groups excluding carboxylic acids is 1. The fraction of sp³-hybridized carbons (Fsp3) is 0.476. The van der Waals surface area contributed by atoms with Crippen LogP contribution in [0.5, 0.6) is 0 Å². The second-order valence-electron chi connectivity index (χ2n) is 7.41. The van der Waals surface area contributed by atoms with Crippen LogP contribution < -0.4 is 0 Å². The van der Waals surface area contributed by atoms with Gasteiger partial charge in [-0.15, -0.1) is 0 Å². The summed E-state index contributed by atoms with van der Waals surface area (Å²) >= 11 is 0. The number of aryl methyl sites for hydroxylation is 1. The molecule has 4 atom stereocenters. The number of fused-ring (bicyclic) bond motifs is 2. The first-order valence-electron chi connectivity index (χ1n) is 9.54. The van der Waals surface area contributed by atoms with Gasteiger partial charge in [-0.25, -0.2) is 9.78 Å². The van der Waals surface area contributed by atoms with Crippen molar-refractivity contribution in [1.29, 1.82) is 0 Å². The van der Waals surface area contributed by atoms with Crippen LogP contribution in [0.3, 0.4) is 0 Å². The Hall–Kier alpha value is -2.67. The summed E-state index contributed by atoms with van der Waals surface area (Å²) in [6, 6.07) is 8.08. The largest absolute Gasteiger partial charge is 0.476 e. The lowest BCUT2D eigenvalue weighted by atomic mass is 9.75. The number of oxazole rings is 1. The quantitative estimate of drug-likeness (QED) is 0.732. The molecule has 0 amide bonds. The van der Waals surface area contributed by atoms with Crippen LogP contribution in [0.25, 0.3) is 0 Å². The number of carboxylic acid groups (broad SMARTS) is 1. The van der Waals surface area contributed by atoms with Gasteiger partial charge in [-0.3, -0.25) is 4.79 Å². The number of hydrogen-bond acceptors (Lipinski definition) is 6. The number of nitrogens with zero attached hydrogens (tertiary/aromatic N) is 1. The molecule has 3 heterocycles. The van der Waals surface area contributed by atoms with Gasteiger partial charge in [-0.1, -0.05) is 24.3 Å². The predicted molar refractivity (Wildman–Crippen MR) is 98.1 cm³/mol. The summed E-state index contributed by atoms with van der Waals surface area (Å²) in [7, 11) is 1.40. The van der Waals surface area contributed by atoms with E-state index in [1.54, 1.807) is 0 Å². The second-order valence-corrected chi connectivity index (χ2v) is 7.41. The molecule has 1 aromatic heterocycles. The van der Waals surface area contributed by atoms with E-state index in [-0.39, 0.29) is 35.7 Å². The monoisotopic (exact) mass is 385 g/mol. The minimum Gasteiger partial charge on any atom is -0.476 e. The fourth-order valence-corrected chi connectivity index (χ4v) is 4.51. The molecule has 7 nitrogen and oxygen atoms in total. The third-order valence-corrected chi connectivity index (χ3v) is 5.85. The Morgan fingerprint density at radius 2 is 1.96 bits per heavy atom. The van der Waals surface area contributed by atoms with Crippen molar-refractivity contribution in [3.8, 4) is 0 Å². The lowest BCUT2D eigenvalue weighted by Gasteiger charge is -2.26. The molecule has 148 valence electrons. The average molecular weight is 385 g/mol. The molecule has 0 saturated carbocycles. The normalized spacial score (nSPS) is 25.8. The molecule has 2 aromatic rings. The Labute approximate surface area is 162 Å². The van der Waals surface area contributed by atoms with Crippen LogP contribution in [0.15, 0.2) is 34.9 Å². The van der Waals surface area contributed by atoms with Gasteiger partial charge in [0.15, 0.2) is 5.69 Å². The highest BCUT2D eigenvalue weighted by Crippen LogP contribution is 2.49. The SMILES string of the molecule is COC(=O)CCc1ccccc1C[C@@H]1[C@H](c2nc(C(=O)O)co2)[C@H]2CC[C@@H]1O2. The topological polar surface area (TPSA) is 98.9 Å². The molecule has 28 heavy (non-hydrogen) atoms. The van der Waals surface area contributed by atoms with E-state index in [2.05, 4.69) is 11.1 Å². The van der Waals surface area contributed by atoms with Crippen LogP contribution in [0.4, 0.5) is 0 Å². The number of esters is 1. The minimum absolute atomic E-state index is 0.0116. The number of aromatic nitrogens is 1. The van der Waals surface area contributed by atoms with Crippen molar-refractivity contribution in [2.75, 3.05) is 7.11 Å². The van der Waals surface area contributed by atoms with Gasteiger partial charge >= 0.3 is 11.9 Å². The molecule has 2 aliphatic heterocycles. The smallest absolute Gasteiger partial charge is 0.357 e. The van der Waals surface area contributed by atoms with Gasteiger partial charge in [0.05, 0.1) is 25.2 Å². The van der Waals surface area contributed by atoms with Gasteiger partial charge in [0.1, 0.15) is 6.26 Å². The zero-order chi connectivity index (χ0) is 19.7. The summed E-state index contributed by atoms with van der Waals surface area (Å²) in [6.07, 6.45) is 4.98. The summed E-state index contributed by atoms with van der Waals surface area (Å²) in [5, 5.41) is 9.14. The molecule has 1 aromatic carbocycles. The van der Waals surface area contributed by atoms with Gasteiger partial charge in [-0.2, -0.15) is 0 Å². The molecule has 2 aliphatic rings. The molecule has 0 aliphatic carbocycles. The summed E-state index contributed by atoms with van der Waals surface area (Å²) in [5.41, 5.74) is 2.21. The number of hydrogen-bond donors (Lipinski definition) is 1. The summed E-state index contributed by atoms with van der Waals surface area (Å²) in [4.78, 5) is 26.9. The molecule has 0 radical (unpaired) electrons. The first-order chi connectivity index (χ1) is 13.6. The number of benzene rings is 1. The highest BCUT2D eigenvalue weighted by Gasteiger charge is 2.51. The molecule has 2 fully saturated rings. The molecule has 2 bridgehead atoms. The molecule has 7 heteroatoms. The van der Waals surface area contributed by atoms with E-state index in [0.717, 1.165) is 24.8 Å². The van der Waals surface area contributed by atoms with E-state index in [1.165, 1.54) is 18.9 Å². The summed E-state index contributed by atoms with van der Waals surface area (Å²) in [5.74, 6) is -0.763. The van der Waals surface area contributed by atoms with Crippen LogP contribution in [0, 0.1) is 5.92 Å². The number of ether oxygens (including phenoxy) is 2. The van der Waals surface area contributed by atoms with E-state index in [0.29, 0.717) is 18.7 Å². The van der Waals surface area contributed by atoms with Crippen LogP contribution in [-0.2, 0) is 27.1 Å². The van der Waals surface area contributed by atoms with E-state index in [9.17, 15) is 9.59 Å². The van der Waals surface area contributed by atoms with E-state index >= 15 is 0 Å². The molecular formula is C21H23NO6. The minimum atomic E-state index is -1.09. The third-order valence-electron chi connectivity index (χ3n) is 5.85. The number of methoxy groups -OCH3 is 1. The van der Waals surface area contributed by atoms with Crippen molar-refractivity contribution < 1.29 is 28.6 Å². The van der Waals surface area contributed by atoms with Crippen LogP contribution in [0.1, 0.15) is 52.7 Å². The molecule has 4 rings (SSSR count). The Morgan fingerprint density at radius 3 is 2.68 bits per heavy atom. The van der Waals surface area contributed by atoms with Gasteiger partial charge in [0.2, 0.25) is 5.89 Å². The highest BCUT2D eigenvalue weighted by atomic mass is 16.5. The van der Waals surface area contributed by atoms with Crippen molar-refractivity contribution in [2.24, 2.45) is 5.92 Å². The van der Waals surface area contributed by atoms with Gasteiger partial charge in [0.25, 0.3) is 0 Å². The lowest BCUT2D eigenvalue weighted by Crippen LogP contribution is -2.28. The number of carbonyl (C=O) groups is 2. The Bertz CT molecular complexity index is 875. The van der Waals surface area contributed by atoms with Crippen molar-refractivity contribution in [3.05, 3.63) is 53.2 Å². The maximum atomic E-state index is 11.5. The predicted octanol–water partition coefficient (Wildman–Crippen LogP) is 2.98. The van der Waals surface area contributed by atoms with E-state index < -0.39 is 5.97 Å².